The molecule has 0 saturated carbocycles. The number of esters is 1. The largest absolute Gasteiger partial charge is 0.433 e. The maximum absolute atomic E-state index is 12.0. The summed E-state index contributed by atoms with van der Waals surface area (Å²) >= 11 is 0. The Bertz CT molecular complexity index is 444. The number of carbonyl (C=O) groups excluding carboxylic acids is 1. The molecule has 4 N–H and O–H groups in total. The first-order valence-corrected chi connectivity index (χ1v) is 12.5. The lowest BCUT2D eigenvalue weighted by Gasteiger charge is -2.39. The van der Waals surface area contributed by atoms with Gasteiger partial charge in [0.05, 0.1) is 6.61 Å². The third-order valence-corrected chi connectivity index (χ3v) is 6.08. The van der Waals surface area contributed by atoms with Gasteiger partial charge in [0.25, 0.3) is 0 Å². The fourth-order valence-corrected chi connectivity index (χ4v) is 3.99. The Morgan fingerprint density at radius 2 is 1.16 bits per heavy atom. The Kier molecular flexibility index (Phi) is 16.2. The zero-order valence-electron chi connectivity index (χ0n) is 19.4. The van der Waals surface area contributed by atoms with Crippen molar-refractivity contribution in [2.24, 2.45) is 0 Å². The van der Waals surface area contributed by atoms with Gasteiger partial charge in [-0.3, -0.25) is 4.79 Å². The van der Waals surface area contributed by atoms with Crippen molar-refractivity contribution in [3.63, 3.8) is 0 Å². The quantitative estimate of drug-likeness (QED) is 0.188. The third kappa shape index (κ3) is 12.2. The van der Waals surface area contributed by atoms with E-state index in [2.05, 4.69) is 6.92 Å². The van der Waals surface area contributed by atoms with Gasteiger partial charge in [0.15, 0.2) is 0 Å². The normalized spacial score (nSPS) is 26.2. The van der Waals surface area contributed by atoms with Gasteiger partial charge in [0.1, 0.15) is 24.4 Å². The number of aliphatic hydroxyl groups excluding tert-OH is 4. The fraction of sp³-hybridized carbons (Fsp3) is 0.958. The zero-order valence-corrected chi connectivity index (χ0v) is 19.4. The molecule has 5 atom stereocenters. The fourth-order valence-electron chi connectivity index (χ4n) is 3.99. The lowest BCUT2D eigenvalue weighted by atomic mass is 9.99. The molecule has 0 aliphatic carbocycles. The molecule has 1 rings (SSSR count). The SMILES string of the molecule is CCCCCCCCCCCCCCCCCC(=O)OC1O[C@H](CO)[C@H](O)[C@H](O)[C@H]1O. The first kappa shape index (κ1) is 28.3. The summed E-state index contributed by atoms with van der Waals surface area (Å²) in [6.07, 6.45) is 12.0. The molecule has 7 nitrogen and oxygen atoms in total. The highest BCUT2D eigenvalue weighted by molar-refractivity contribution is 5.69. The van der Waals surface area contributed by atoms with Crippen molar-refractivity contribution in [2.75, 3.05) is 6.61 Å². The molecule has 0 aromatic heterocycles. The van der Waals surface area contributed by atoms with Crippen molar-refractivity contribution in [2.45, 2.75) is 140 Å². The van der Waals surface area contributed by atoms with E-state index in [4.69, 9.17) is 14.6 Å². The summed E-state index contributed by atoms with van der Waals surface area (Å²) in [6.45, 7) is 1.71. The van der Waals surface area contributed by atoms with Crippen LogP contribution in [0.2, 0.25) is 0 Å². The minimum absolute atomic E-state index is 0.216. The van der Waals surface area contributed by atoms with Crippen LogP contribution >= 0.6 is 0 Å². The molecule has 0 bridgehead atoms. The number of hydrogen-bond donors (Lipinski definition) is 4. The van der Waals surface area contributed by atoms with Gasteiger partial charge in [-0.05, 0) is 6.42 Å². The molecule has 31 heavy (non-hydrogen) atoms. The van der Waals surface area contributed by atoms with Gasteiger partial charge in [-0.2, -0.15) is 0 Å². The number of aliphatic hydroxyl groups is 4. The summed E-state index contributed by atoms with van der Waals surface area (Å²) in [5, 5.41) is 38.5. The van der Waals surface area contributed by atoms with Crippen LogP contribution in [0.25, 0.3) is 0 Å². The lowest BCUT2D eigenvalue weighted by Crippen LogP contribution is -2.59. The lowest BCUT2D eigenvalue weighted by molar-refractivity contribution is -0.292. The van der Waals surface area contributed by atoms with Gasteiger partial charge in [-0.25, -0.2) is 0 Å². The topological polar surface area (TPSA) is 116 Å². The molecule has 1 unspecified atom stereocenters. The smallest absolute Gasteiger partial charge is 0.308 e. The van der Waals surface area contributed by atoms with Gasteiger partial charge in [-0.1, -0.05) is 96.8 Å². The van der Waals surface area contributed by atoms with Crippen LogP contribution in [-0.2, 0) is 14.3 Å². The molecule has 0 aromatic carbocycles. The molecule has 184 valence electrons. The van der Waals surface area contributed by atoms with Crippen molar-refractivity contribution >= 4 is 5.97 Å². The molecule has 1 heterocycles. The maximum Gasteiger partial charge on any atom is 0.308 e. The second-order valence-corrected chi connectivity index (χ2v) is 8.89. The van der Waals surface area contributed by atoms with Gasteiger partial charge in [0, 0.05) is 6.42 Å². The number of ether oxygens (including phenoxy) is 2. The minimum Gasteiger partial charge on any atom is -0.433 e. The zero-order chi connectivity index (χ0) is 22.9. The Morgan fingerprint density at radius 1 is 0.710 bits per heavy atom. The molecule has 0 aromatic rings. The van der Waals surface area contributed by atoms with Crippen molar-refractivity contribution in [1.29, 1.82) is 0 Å². The Balaban J connectivity index is 1.95. The second kappa shape index (κ2) is 17.8. The molecule has 1 saturated heterocycles. The first-order valence-electron chi connectivity index (χ1n) is 12.5. The van der Waals surface area contributed by atoms with Crippen molar-refractivity contribution in [3.05, 3.63) is 0 Å². The Labute approximate surface area is 188 Å². The van der Waals surface area contributed by atoms with E-state index in [0.717, 1.165) is 12.8 Å². The molecule has 1 fully saturated rings. The summed E-state index contributed by atoms with van der Waals surface area (Å²) < 4.78 is 10.3. The second-order valence-electron chi connectivity index (χ2n) is 8.89. The molecule has 7 heteroatoms. The summed E-state index contributed by atoms with van der Waals surface area (Å²) in [6, 6.07) is 0. The number of rotatable bonds is 18. The van der Waals surface area contributed by atoms with Crippen LogP contribution in [-0.4, -0.2) is 63.7 Å². The predicted molar refractivity (Wildman–Crippen MR) is 119 cm³/mol. The van der Waals surface area contributed by atoms with Gasteiger partial charge >= 0.3 is 5.97 Å². The van der Waals surface area contributed by atoms with Crippen LogP contribution in [0.4, 0.5) is 0 Å². The molecule has 1 aliphatic heterocycles. The highest BCUT2D eigenvalue weighted by atomic mass is 16.7. The molecule has 0 amide bonds. The van der Waals surface area contributed by atoms with Crippen LogP contribution in [0.15, 0.2) is 0 Å². The Hall–Kier alpha value is -0.730. The van der Waals surface area contributed by atoms with E-state index >= 15 is 0 Å². The van der Waals surface area contributed by atoms with Crippen molar-refractivity contribution in [1.82, 2.24) is 0 Å². The molecule has 0 radical (unpaired) electrons. The van der Waals surface area contributed by atoms with Crippen molar-refractivity contribution < 1.29 is 34.7 Å². The van der Waals surface area contributed by atoms with Gasteiger partial charge in [0.2, 0.25) is 6.29 Å². The first-order chi connectivity index (χ1) is 15.0. The molecular weight excluding hydrogens is 400 g/mol. The molecule has 0 spiro atoms. The number of carbonyl (C=O) groups is 1. The van der Waals surface area contributed by atoms with E-state index in [1.807, 2.05) is 0 Å². The summed E-state index contributed by atoms with van der Waals surface area (Å²) in [4.78, 5) is 12.0. The Morgan fingerprint density at radius 3 is 1.61 bits per heavy atom. The van der Waals surface area contributed by atoms with E-state index in [1.54, 1.807) is 0 Å². The number of unbranched alkanes of at least 4 members (excludes halogenated alkanes) is 14. The average Bonchev–Trinajstić information content (AvgIpc) is 2.76. The summed E-state index contributed by atoms with van der Waals surface area (Å²) in [5.41, 5.74) is 0. The highest BCUT2D eigenvalue weighted by Crippen LogP contribution is 2.22. The number of hydrogen-bond acceptors (Lipinski definition) is 7. The van der Waals surface area contributed by atoms with E-state index in [0.29, 0.717) is 6.42 Å². The maximum atomic E-state index is 12.0. The van der Waals surface area contributed by atoms with E-state index in [9.17, 15) is 20.1 Å². The van der Waals surface area contributed by atoms with Crippen LogP contribution in [0.3, 0.4) is 0 Å². The van der Waals surface area contributed by atoms with Crippen LogP contribution in [0.5, 0.6) is 0 Å². The minimum atomic E-state index is -1.54. The van der Waals surface area contributed by atoms with Crippen LogP contribution in [0, 0.1) is 0 Å². The van der Waals surface area contributed by atoms with Crippen molar-refractivity contribution in [3.8, 4) is 0 Å². The molecule has 1 aliphatic rings. The van der Waals surface area contributed by atoms with E-state index in [-0.39, 0.29) is 6.42 Å². The summed E-state index contributed by atoms with van der Waals surface area (Å²) in [5.74, 6) is -0.515. The van der Waals surface area contributed by atoms with Gasteiger partial charge in [-0.15, -0.1) is 0 Å². The molecular formula is C24H46O7. The standard InChI is InChI=1S/C24H46O7/c1-2-3-4-5-6-7-8-9-10-11-12-13-14-15-16-17-20(26)31-24-23(29)22(28)21(27)19(18-25)30-24/h19,21-25,27-29H,2-18H2,1H3/t19-,21+,22+,23-,24?/m1/s1. The van der Waals surface area contributed by atoms with E-state index in [1.165, 1.54) is 77.0 Å². The van der Waals surface area contributed by atoms with Crippen LogP contribution < -0.4 is 0 Å². The monoisotopic (exact) mass is 446 g/mol. The highest BCUT2D eigenvalue weighted by Gasteiger charge is 2.45. The third-order valence-electron chi connectivity index (χ3n) is 6.08. The average molecular weight is 447 g/mol. The van der Waals surface area contributed by atoms with Gasteiger partial charge < -0.3 is 29.9 Å². The van der Waals surface area contributed by atoms with Crippen LogP contribution in [0.1, 0.15) is 110 Å². The summed E-state index contributed by atoms with van der Waals surface area (Å²) in [7, 11) is 0. The predicted octanol–water partition coefficient (Wildman–Crippen LogP) is 3.59. The van der Waals surface area contributed by atoms with E-state index < -0.39 is 43.3 Å².